The number of carbonyl (C=O) groups excluding carboxylic acids is 1. The molecule has 2 aromatic rings. The predicted molar refractivity (Wildman–Crippen MR) is 93.2 cm³/mol. The molecule has 25 heavy (non-hydrogen) atoms. The number of morpholine rings is 1. The lowest BCUT2D eigenvalue weighted by Crippen LogP contribution is -2.37. The molecule has 1 fully saturated rings. The van der Waals surface area contributed by atoms with Crippen LogP contribution in [0.25, 0.3) is 0 Å². The van der Waals surface area contributed by atoms with Crippen LogP contribution in [0.15, 0.2) is 24.7 Å². The molecule has 0 unspecified atom stereocenters. The summed E-state index contributed by atoms with van der Waals surface area (Å²) in [5, 5.41) is 3.08. The van der Waals surface area contributed by atoms with Gasteiger partial charge in [-0.2, -0.15) is 0 Å². The lowest BCUT2D eigenvalue weighted by Gasteiger charge is -2.28. The van der Waals surface area contributed by atoms with Crippen molar-refractivity contribution in [2.45, 2.75) is 25.8 Å². The third-order valence-corrected chi connectivity index (χ3v) is 4.97. The number of nitrogens with one attached hydrogen (secondary N) is 2. The Hall–Kier alpha value is -2.41. The Balaban J connectivity index is 1.34. The number of rotatable bonds is 4. The highest BCUT2D eigenvalue weighted by Gasteiger charge is 2.26. The van der Waals surface area contributed by atoms with Crippen LogP contribution >= 0.6 is 0 Å². The number of hydrogen-bond donors (Lipinski definition) is 2. The average Bonchev–Trinajstić information content (AvgIpc) is 3.15. The van der Waals surface area contributed by atoms with Gasteiger partial charge in [0.25, 0.3) is 0 Å². The third-order valence-electron chi connectivity index (χ3n) is 4.97. The first-order valence-corrected chi connectivity index (χ1v) is 8.86. The smallest absolute Gasteiger partial charge is 0.223 e. The van der Waals surface area contributed by atoms with E-state index >= 15 is 0 Å². The summed E-state index contributed by atoms with van der Waals surface area (Å²) >= 11 is 0. The van der Waals surface area contributed by atoms with Gasteiger partial charge < -0.3 is 19.9 Å². The normalized spacial score (nSPS) is 20.2. The molecule has 0 spiro atoms. The number of hydrogen-bond acceptors (Lipinski definition) is 5. The Morgan fingerprint density at radius 3 is 3.12 bits per heavy atom. The molecule has 1 aliphatic heterocycles. The molecule has 2 aliphatic rings. The molecule has 7 heteroatoms. The molecule has 1 saturated heterocycles. The largest absolute Gasteiger partial charge is 0.378 e. The Kier molecular flexibility index (Phi) is 4.65. The number of carbonyl (C=O) groups is 1. The fraction of sp³-hybridized carbons (Fsp3) is 0.500. The molecular formula is C18H23N5O2. The van der Waals surface area contributed by atoms with Crippen molar-refractivity contribution in [3.8, 4) is 0 Å². The Morgan fingerprint density at radius 2 is 2.24 bits per heavy atom. The predicted octanol–water partition coefficient (Wildman–Crippen LogP) is 1.06. The van der Waals surface area contributed by atoms with Crippen LogP contribution in [0.5, 0.6) is 0 Å². The first-order valence-electron chi connectivity index (χ1n) is 8.86. The van der Waals surface area contributed by atoms with E-state index in [2.05, 4.69) is 31.2 Å². The quantitative estimate of drug-likeness (QED) is 0.869. The maximum absolute atomic E-state index is 12.5. The van der Waals surface area contributed by atoms with Crippen LogP contribution in [-0.2, 0) is 28.9 Å². The van der Waals surface area contributed by atoms with E-state index in [0.29, 0.717) is 6.54 Å². The van der Waals surface area contributed by atoms with Crippen LogP contribution in [0, 0.1) is 5.92 Å². The maximum atomic E-state index is 12.5. The third kappa shape index (κ3) is 3.66. The van der Waals surface area contributed by atoms with Crippen LogP contribution < -0.4 is 10.2 Å². The fourth-order valence-electron chi connectivity index (χ4n) is 3.49. The first-order chi connectivity index (χ1) is 12.3. The van der Waals surface area contributed by atoms with Crippen molar-refractivity contribution >= 4 is 11.7 Å². The topological polar surface area (TPSA) is 83.1 Å². The van der Waals surface area contributed by atoms with Gasteiger partial charge in [0.1, 0.15) is 5.82 Å². The van der Waals surface area contributed by atoms with Gasteiger partial charge in [-0.1, -0.05) is 0 Å². The maximum Gasteiger partial charge on any atom is 0.223 e. The SMILES string of the molecule is O=C(NCc1ccnc(N2CCOCC2)c1)[C@@H]1CCc2nc[nH]c2C1. The van der Waals surface area contributed by atoms with Crippen molar-refractivity contribution in [1.82, 2.24) is 20.3 Å². The molecule has 132 valence electrons. The van der Waals surface area contributed by atoms with Crippen LogP contribution in [0.4, 0.5) is 5.82 Å². The van der Waals surface area contributed by atoms with E-state index in [9.17, 15) is 4.79 Å². The number of imidazole rings is 1. The summed E-state index contributed by atoms with van der Waals surface area (Å²) in [4.78, 5) is 26.6. The molecule has 1 aliphatic carbocycles. The van der Waals surface area contributed by atoms with E-state index in [-0.39, 0.29) is 11.8 Å². The lowest BCUT2D eigenvalue weighted by atomic mass is 9.89. The number of anilines is 1. The van der Waals surface area contributed by atoms with Gasteiger partial charge in [-0.25, -0.2) is 9.97 Å². The number of aromatic nitrogens is 3. The van der Waals surface area contributed by atoms with Gasteiger partial charge in [0, 0.05) is 43.9 Å². The van der Waals surface area contributed by atoms with Crippen molar-refractivity contribution in [3.63, 3.8) is 0 Å². The second-order valence-electron chi connectivity index (χ2n) is 6.61. The summed E-state index contributed by atoms with van der Waals surface area (Å²) in [7, 11) is 0. The van der Waals surface area contributed by atoms with E-state index in [4.69, 9.17) is 4.74 Å². The Bertz CT molecular complexity index is 739. The number of amides is 1. The average molecular weight is 341 g/mol. The molecule has 2 N–H and O–H groups in total. The summed E-state index contributed by atoms with van der Waals surface area (Å²) in [6.07, 6.45) is 6.00. The van der Waals surface area contributed by atoms with Crippen molar-refractivity contribution in [2.75, 3.05) is 31.2 Å². The molecule has 1 amide bonds. The lowest BCUT2D eigenvalue weighted by molar-refractivity contribution is -0.125. The number of aromatic amines is 1. The van der Waals surface area contributed by atoms with Crippen molar-refractivity contribution < 1.29 is 9.53 Å². The number of ether oxygens (including phenoxy) is 1. The molecular weight excluding hydrogens is 318 g/mol. The minimum atomic E-state index is 0.0218. The molecule has 0 radical (unpaired) electrons. The Morgan fingerprint density at radius 1 is 1.36 bits per heavy atom. The summed E-state index contributed by atoms with van der Waals surface area (Å²) in [5.74, 6) is 1.09. The minimum Gasteiger partial charge on any atom is -0.378 e. The van der Waals surface area contributed by atoms with Crippen molar-refractivity contribution in [3.05, 3.63) is 41.6 Å². The van der Waals surface area contributed by atoms with Gasteiger partial charge in [0.15, 0.2) is 0 Å². The molecule has 0 bridgehead atoms. The number of H-pyrrole nitrogens is 1. The summed E-state index contributed by atoms with van der Waals surface area (Å²) in [6.45, 7) is 3.72. The van der Waals surface area contributed by atoms with Gasteiger partial charge in [0.2, 0.25) is 5.91 Å². The van der Waals surface area contributed by atoms with Gasteiger partial charge in [-0.3, -0.25) is 4.79 Å². The van der Waals surface area contributed by atoms with Crippen LogP contribution in [0.2, 0.25) is 0 Å². The number of aryl methyl sites for hydroxylation is 1. The van der Waals surface area contributed by atoms with Crippen LogP contribution in [0.1, 0.15) is 23.4 Å². The number of fused-ring (bicyclic) bond motifs is 1. The number of nitrogens with zero attached hydrogens (tertiary/aromatic N) is 3. The minimum absolute atomic E-state index is 0.0218. The van der Waals surface area contributed by atoms with E-state index in [1.165, 1.54) is 0 Å². The molecule has 1 atom stereocenters. The van der Waals surface area contributed by atoms with Crippen LogP contribution in [-0.4, -0.2) is 47.2 Å². The zero-order valence-corrected chi connectivity index (χ0v) is 14.2. The molecule has 7 nitrogen and oxygen atoms in total. The van der Waals surface area contributed by atoms with Crippen molar-refractivity contribution in [1.29, 1.82) is 0 Å². The van der Waals surface area contributed by atoms with E-state index in [1.54, 1.807) is 6.33 Å². The second kappa shape index (κ2) is 7.23. The molecule has 0 saturated carbocycles. The van der Waals surface area contributed by atoms with E-state index in [0.717, 1.165) is 68.3 Å². The fourth-order valence-corrected chi connectivity index (χ4v) is 3.49. The Labute approximate surface area is 146 Å². The highest BCUT2D eigenvalue weighted by molar-refractivity contribution is 5.79. The zero-order valence-electron chi connectivity index (χ0n) is 14.2. The summed E-state index contributed by atoms with van der Waals surface area (Å²) < 4.78 is 5.38. The molecule has 4 rings (SSSR count). The van der Waals surface area contributed by atoms with Crippen molar-refractivity contribution in [2.24, 2.45) is 5.92 Å². The monoisotopic (exact) mass is 341 g/mol. The van der Waals surface area contributed by atoms with E-state index in [1.807, 2.05) is 12.3 Å². The van der Waals surface area contributed by atoms with Gasteiger partial charge >= 0.3 is 0 Å². The highest BCUT2D eigenvalue weighted by Crippen LogP contribution is 2.23. The second-order valence-corrected chi connectivity index (χ2v) is 6.61. The summed E-state index contributed by atoms with van der Waals surface area (Å²) in [5.41, 5.74) is 3.28. The van der Waals surface area contributed by atoms with Gasteiger partial charge in [-0.15, -0.1) is 0 Å². The van der Waals surface area contributed by atoms with Crippen LogP contribution in [0.3, 0.4) is 0 Å². The standard InChI is InChI=1S/C18H23N5O2/c24-18(14-1-2-15-16(10-14)22-12-21-15)20-11-13-3-4-19-17(9-13)23-5-7-25-8-6-23/h3-4,9,12,14H,1-2,5-8,10-11H2,(H,20,24)(H,21,22)/t14-/m1/s1. The van der Waals surface area contributed by atoms with Gasteiger partial charge in [0.05, 0.1) is 25.2 Å². The molecule has 3 heterocycles. The molecule has 2 aromatic heterocycles. The van der Waals surface area contributed by atoms with Gasteiger partial charge in [-0.05, 0) is 30.5 Å². The number of pyridine rings is 1. The summed E-state index contributed by atoms with van der Waals surface area (Å²) in [6, 6.07) is 4.01. The first kappa shape index (κ1) is 16.1. The zero-order chi connectivity index (χ0) is 17.1. The highest BCUT2D eigenvalue weighted by atomic mass is 16.5. The molecule has 0 aromatic carbocycles. The van der Waals surface area contributed by atoms with E-state index < -0.39 is 0 Å².